The number of anilines is 1. The van der Waals surface area contributed by atoms with E-state index in [9.17, 15) is 9.90 Å². The number of benzene rings is 2. The number of carbonyl (C=O) groups excluding carboxylic acids is 1. The predicted molar refractivity (Wildman–Crippen MR) is 84.6 cm³/mol. The Morgan fingerprint density at radius 2 is 1.77 bits per heavy atom. The molecule has 112 valence electrons. The molecule has 1 amide bonds. The summed E-state index contributed by atoms with van der Waals surface area (Å²) in [5.74, 6) is 0.331. The maximum Gasteiger partial charge on any atom is 0.267 e. The summed E-state index contributed by atoms with van der Waals surface area (Å²) in [6.07, 6.45) is 3.76. The Bertz CT molecular complexity index is 694. The van der Waals surface area contributed by atoms with Crippen molar-refractivity contribution < 1.29 is 14.6 Å². The molecule has 1 N–H and O–H groups in total. The van der Waals surface area contributed by atoms with Crippen molar-refractivity contribution in [1.82, 2.24) is 0 Å². The van der Waals surface area contributed by atoms with Crippen LogP contribution in [0.25, 0.3) is 0 Å². The number of carbonyl (C=O) groups is 1. The molecule has 0 saturated heterocycles. The molecular weight excluding hydrogens is 278 g/mol. The van der Waals surface area contributed by atoms with Crippen LogP contribution >= 0.6 is 0 Å². The van der Waals surface area contributed by atoms with Crippen molar-refractivity contribution in [2.75, 3.05) is 12.0 Å². The van der Waals surface area contributed by atoms with Crippen LogP contribution in [0.3, 0.4) is 0 Å². The Morgan fingerprint density at radius 1 is 1.09 bits per heavy atom. The first kappa shape index (κ1) is 14.4. The van der Waals surface area contributed by atoms with Crippen LogP contribution in [0.2, 0.25) is 0 Å². The smallest absolute Gasteiger partial charge is 0.267 e. The van der Waals surface area contributed by atoms with E-state index in [1.807, 2.05) is 30.3 Å². The average molecular weight is 295 g/mol. The first-order valence-electron chi connectivity index (χ1n) is 7.07. The molecule has 3 rings (SSSR count). The Kier molecular flexibility index (Phi) is 3.69. The molecule has 0 aliphatic carbocycles. The molecule has 1 atom stereocenters. The fraction of sp³-hybridized carbons (Fsp3) is 0.167. The van der Waals surface area contributed by atoms with E-state index in [4.69, 9.17) is 4.74 Å². The highest BCUT2D eigenvalue weighted by Crippen LogP contribution is 2.34. The standard InChI is InChI=1S/C18H17NO3/c1-22-16-10-8-14(9-11-16)18(21)12-5-13-19(17(18)20)15-6-3-2-4-7-15/h2-11,13,21H,12H2,1H3/t18-/m1/s1. The number of amides is 1. The first-order valence-corrected chi connectivity index (χ1v) is 7.07. The number of hydrogen-bond donors (Lipinski definition) is 1. The third-order valence-electron chi connectivity index (χ3n) is 3.84. The average Bonchev–Trinajstić information content (AvgIpc) is 2.58. The van der Waals surface area contributed by atoms with Crippen LogP contribution in [-0.2, 0) is 10.4 Å². The molecule has 0 aromatic heterocycles. The predicted octanol–water partition coefficient (Wildman–Crippen LogP) is 2.83. The van der Waals surface area contributed by atoms with Crippen LogP contribution < -0.4 is 9.64 Å². The number of hydrogen-bond acceptors (Lipinski definition) is 3. The molecule has 1 heterocycles. The fourth-order valence-electron chi connectivity index (χ4n) is 2.58. The van der Waals surface area contributed by atoms with Gasteiger partial charge in [-0.25, -0.2) is 0 Å². The van der Waals surface area contributed by atoms with Gasteiger partial charge >= 0.3 is 0 Å². The minimum atomic E-state index is -1.56. The van der Waals surface area contributed by atoms with Gasteiger partial charge in [0.05, 0.1) is 7.11 Å². The van der Waals surface area contributed by atoms with Gasteiger partial charge in [0.15, 0.2) is 5.60 Å². The lowest BCUT2D eigenvalue weighted by Gasteiger charge is -2.34. The number of aliphatic hydroxyl groups is 1. The molecular formula is C18H17NO3. The van der Waals surface area contributed by atoms with E-state index in [2.05, 4.69) is 0 Å². The van der Waals surface area contributed by atoms with Crippen LogP contribution in [0.15, 0.2) is 66.9 Å². The Hall–Kier alpha value is -2.59. The highest BCUT2D eigenvalue weighted by atomic mass is 16.5. The molecule has 0 saturated carbocycles. The van der Waals surface area contributed by atoms with Crippen molar-refractivity contribution >= 4 is 11.6 Å². The number of rotatable bonds is 3. The molecule has 0 spiro atoms. The molecule has 0 bridgehead atoms. The zero-order chi connectivity index (χ0) is 15.6. The molecule has 0 fully saturated rings. The minimum Gasteiger partial charge on any atom is -0.497 e. The highest BCUT2D eigenvalue weighted by Gasteiger charge is 2.42. The lowest BCUT2D eigenvalue weighted by molar-refractivity contribution is -0.137. The summed E-state index contributed by atoms with van der Waals surface area (Å²) in [7, 11) is 1.58. The zero-order valence-corrected chi connectivity index (χ0v) is 12.3. The van der Waals surface area contributed by atoms with Gasteiger partial charge in [-0.1, -0.05) is 36.4 Å². The quantitative estimate of drug-likeness (QED) is 0.947. The van der Waals surface area contributed by atoms with Gasteiger partial charge in [-0.15, -0.1) is 0 Å². The van der Waals surface area contributed by atoms with E-state index >= 15 is 0 Å². The Morgan fingerprint density at radius 3 is 2.41 bits per heavy atom. The lowest BCUT2D eigenvalue weighted by Crippen LogP contribution is -2.47. The summed E-state index contributed by atoms with van der Waals surface area (Å²) >= 11 is 0. The van der Waals surface area contributed by atoms with E-state index in [0.717, 1.165) is 5.69 Å². The molecule has 4 nitrogen and oxygen atoms in total. The number of ether oxygens (including phenoxy) is 1. The van der Waals surface area contributed by atoms with Crippen LogP contribution in [0.1, 0.15) is 12.0 Å². The van der Waals surface area contributed by atoms with Crippen molar-refractivity contribution in [3.05, 3.63) is 72.4 Å². The first-order chi connectivity index (χ1) is 10.6. The van der Waals surface area contributed by atoms with Crippen molar-refractivity contribution in [1.29, 1.82) is 0 Å². The topological polar surface area (TPSA) is 49.8 Å². The Labute approximate surface area is 129 Å². The molecule has 4 heteroatoms. The van der Waals surface area contributed by atoms with E-state index in [0.29, 0.717) is 11.3 Å². The van der Waals surface area contributed by atoms with Crippen LogP contribution in [0.4, 0.5) is 5.69 Å². The minimum absolute atomic E-state index is 0.251. The second kappa shape index (κ2) is 5.66. The molecule has 0 unspecified atom stereocenters. The maximum absolute atomic E-state index is 12.8. The van der Waals surface area contributed by atoms with Crippen molar-refractivity contribution in [3.63, 3.8) is 0 Å². The molecule has 0 radical (unpaired) electrons. The number of methoxy groups -OCH3 is 1. The second-order valence-electron chi connectivity index (χ2n) is 5.19. The largest absolute Gasteiger partial charge is 0.497 e. The van der Waals surface area contributed by atoms with E-state index < -0.39 is 5.60 Å². The molecule has 1 aliphatic heterocycles. The van der Waals surface area contributed by atoms with Crippen LogP contribution in [-0.4, -0.2) is 18.1 Å². The monoisotopic (exact) mass is 295 g/mol. The number of nitrogens with zero attached hydrogens (tertiary/aromatic N) is 1. The summed E-state index contributed by atoms with van der Waals surface area (Å²) in [6.45, 7) is 0. The third-order valence-corrected chi connectivity index (χ3v) is 3.84. The van der Waals surface area contributed by atoms with Crippen molar-refractivity contribution in [3.8, 4) is 5.75 Å². The van der Waals surface area contributed by atoms with Gasteiger partial charge in [-0.3, -0.25) is 9.69 Å². The van der Waals surface area contributed by atoms with E-state index in [-0.39, 0.29) is 12.3 Å². The highest BCUT2D eigenvalue weighted by molar-refractivity contribution is 6.02. The maximum atomic E-state index is 12.8. The van der Waals surface area contributed by atoms with Gasteiger partial charge < -0.3 is 9.84 Å². The summed E-state index contributed by atoms with van der Waals surface area (Å²) < 4.78 is 5.12. The van der Waals surface area contributed by atoms with Gasteiger partial charge in [0.1, 0.15) is 5.75 Å². The zero-order valence-electron chi connectivity index (χ0n) is 12.3. The summed E-state index contributed by atoms with van der Waals surface area (Å²) in [4.78, 5) is 14.3. The molecule has 2 aromatic carbocycles. The van der Waals surface area contributed by atoms with Crippen LogP contribution in [0, 0.1) is 0 Å². The third kappa shape index (κ3) is 2.38. The molecule has 2 aromatic rings. The molecule has 22 heavy (non-hydrogen) atoms. The van der Waals surface area contributed by atoms with Gasteiger partial charge in [0.25, 0.3) is 5.91 Å². The second-order valence-corrected chi connectivity index (χ2v) is 5.19. The SMILES string of the molecule is COc1ccc([C@]2(O)CC=CN(c3ccccc3)C2=O)cc1. The fourth-order valence-corrected chi connectivity index (χ4v) is 2.58. The summed E-state index contributed by atoms with van der Waals surface area (Å²) in [5, 5.41) is 10.9. The van der Waals surface area contributed by atoms with Crippen molar-refractivity contribution in [2.45, 2.75) is 12.0 Å². The van der Waals surface area contributed by atoms with E-state index in [1.165, 1.54) is 4.90 Å². The normalized spacial score (nSPS) is 21.0. The summed E-state index contributed by atoms with van der Waals surface area (Å²) in [5.41, 5.74) is -0.268. The number of para-hydroxylation sites is 1. The lowest BCUT2D eigenvalue weighted by atomic mass is 9.87. The van der Waals surface area contributed by atoms with Crippen molar-refractivity contribution in [2.24, 2.45) is 0 Å². The van der Waals surface area contributed by atoms with Gasteiger partial charge in [0, 0.05) is 18.3 Å². The van der Waals surface area contributed by atoms with Gasteiger partial charge in [-0.2, -0.15) is 0 Å². The molecule has 1 aliphatic rings. The van der Waals surface area contributed by atoms with E-state index in [1.54, 1.807) is 43.7 Å². The Balaban J connectivity index is 1.97. The van der Waals surface area contributed by atoms with Crippen LogP contribution in [0.5, 0.6) is 5.75 Å². The summed E-state index contributed by atoms with van der Waals surface area (Å²) in [6, 6.07) is 16.2. The van der Waals surface area contributed by atoms with Gasteiger partial charge in [0.2, 0.25) is 0 Å². The van der Waals surface area contributed by atoms with Gasteiger partial charge in [-0.05, 0) is 29.8 Å².